The van der Waals surface area contributed by atoms with Crippen LogP contribution >= 0.6 is 0 Å². The molecule has 1 fully saturated rings. The van der Waals surface area contributed by atoms with Crippen LogP contribution in [0, 0.1) is 5.82 Å². The molecule has 0 radical (unpaired) electrons. The Morgan fingerprint density at radius 2 is 2.03 bits per heavy atom. The maximum Gasteiger partial charge on any atom is 0.323 e. The Morgan fingerprint density at radius 3 is 2.70 bits per heavy atom. The van der Waals surface area contributed by atoms with E-state index in [0.717, 1.165) is 25.1 Å². The van der Waals surface area contributed by atoms with Gasteiger partial charge in [-0.15, -0.1) is 0 Å². The molecule has 1 aliphatic heterocycles. The number of nitrogens with one attached hydrogen (secondary N) is 3. The molecule has 2 amide bonds. The first-order chi connectivity index (χ1) is 14.6. The first kappa shape index (κ1) is 20.2. The number of carbonyl (C=O) groups excluding carboxylic acids is 1. The van der Waals surface area contributed by atoms with Gasteiger partial charge in [0.05, 0.1) is 17.6 Å². The van der Waals surface area contributed by atoms with Gasteiger partial charge in [0.25, 0.3) is 0 Å². The van der Waals surface area contributed by atoms with E-state index in [-0.39, 0.29) is 17.8 Å². The maximum atomic E-state index is 14.5. The lowest BCUT2D eigenvalue weighted by Crippen LogP contribution is -2.30. The molecule has 30 heavy (non-hydrogen) atoms. The number of hydrogen-bond acceptors (Lipinski definition) is 5. The highest BCUT2D eigenvalue weighted by Gasteiger charge is 2.18. The Morgan fingerprint density at radius 1 is 1.20 bits per heavy atom. The zero-order valence-corrected chi connectivity index (χ0v) is 16.9. The number of aromatic nitrogens is 1. The minimum absolute atomic E-state index is 0.110. The van der Waals surface area contributed by atoms with E-state index in [2.05, 4.69) is 20.9 Å². The highest BCUT2D eigenvalue weighted by Crippen LogP contribution is 2.25. The molecule has 0 spiro atoms. The van der Waals surface area contributed by atoms with E-state index in [0.29, 0.717) is 11.6 Å². The minimum Gasteiger partial charge on any atom is -0.474 e. The van der Waals surface area contributed by atoms with Gasteiger partial charge in [-0.2, -0.15) is 0 Å². The second kappa shape index (κ2) is 9.13. The number of benzene rings is 1. The number of likely N-dealkylation sites (N-methyl/N-ethyl adjacent to an activating group) is 1. The van der Waals surface area contributed by atoms with Gasteiger partial charge in [-0.1, -0.05) is 0 Å². The quantitative estimate of drug-likeness (QED) is 0.667. The van der Waals surface area contributed by atoms with Crippen LogP contribution < -0.4 is 25.6 Å². The van der Waals surface area contributed by atoms with Gasteiger partial charge in [0, 0.05) is 30.5 Å². The second-order valence-corrected chi connectivity index (χ2v) is 7.54. The summed E-state index contributed by atoms with van der Waals surface area (Å²) >= 11 is 0. The van der Waals surface area contributed by atoms with Crippen molar-refractivity contribution in [1.29, 1.82) is 0 Å². The second-order valence-electron chi connectivity index (χ2n) is 7.54. The molecule has 1 aromatic carbocycles. The molecule has 1 aliphatic carbocycles. The van der Waals surface area contributed by atoms with Gasteiger partial charge < -0.3 is 25.6 Å². The summed E-state index contributed by atoms with van der Waals surface area (Å²) in [4.78, 5) is 18.4. The first-order valence-electron chi connectivity index (χ1n) is 10.2. The Bertz CT molecular complexity index is 912. The third kappa shape index (κ3) is 4.88. The number of carbonyl (C=O) groups is 1. The van der Waals surface area contributed by atoms with Gasteiger partial charge >= 0.3 is 6.03 Å². The number of pyridine rings is 1. The van der Waals surface area contributed by atoms with Gasteiger partial charge in [0.2, 0.25) is 5.88 Å². The lowest BCUT2D eigenvalue weighted by atomic mass is 10.2. The molecule has 3 N–H and O–H groups in total. The molecule has 0 bridgehead atoms. The lowest BCUT2D eigenvalue weighted by Gasteiger charge is -2.19. The summed E-state index contributed by atoms with van der Waals surface area (Å²) in [5.74, 6) is 0.0494. The molecule has 158 valence electrons. The third-order valence-electron chi connectivity index (χ3n) is 5.38. The molecule has 7 nitrogen and oxygen atoms in total. The van der Waals surface area contributed by atoms with E-state index < -0.39 is 11.8 Å². The third-order valence-corrected chi connectivity index (χ3v) is 5.38. The molecule has 2 aromatic rings. The van der Waals surface area contributed by atoms with Crippen molar-refractivity contribution >= 4 is 23.1 Å². The summed E-state index contributed by atoms with van der Waals surface area (Å²) in [5, 5.41) is 8.35. The van der Waals surface area contributed by atoms with Gasteiger partial charge in [-0.05, 0) is 63.1 Å². The van der Waals surface area contributed by atoms with Crippen LogP contribution in [-0.2, 0) is 0 Å². The average molecular weight is 411 g/mol. The van der Waals surface area contributed by atoms with E-state index in [1.165, 1.54) is 25.1 Å². The topological polar surface area (TPSA) is 78.5 Å². The Kier molecular flexibility index (Phi) is 6.13. The number of hydrogen-bond donors (Lipinski definition) is 3. The van der Waals surface area contributed by atoms with Crippen molar-refractivity contribution in [2.45, 2.75) is 37.8 Å². The predicted octanol–water partition coefficient (Wildman–Crippen LogP) is 4.11. The van der Waals surface area contributed by atoms with Crippen molar-refractivity contribution in [2.75, 3.05) is 29.1 Å². The zero-order valence-electron chi connectivity index (χ0n) is 16.9. The molecule has 8 heteroatoms. The smallest absolute Gasteiger partial charge is 0.323 e. The highest BCUT2D eigenvalue weighted by atomic mass is 19.1. The fraction of sp³-hybridized carbons (Fsp3) is 0.364. The van der Waals surface area contributed by atoms with Crippen LogP contribution in [0.3, 0.4) is 0 Å². The number of ether oxygens (including phenoxy) is 1. The molecule has 1 unspecified atom stereocenters. The predicted molar refractivity (Wildman–Crippen MR) is 115 cm³/mol. The molecule has 2 aliphatic rings. The largest absolute Gasteiger partial charge is 0.474 e. The van der Waals surface area contributed by atoms with Crippen molar-refractivity contribution in [3.63, 3.8) is 0 Å². The van der Waals surface area contributed by atoms with E-state index >= 15 is 0 Å². The molecule has 1 saturated carbocycles. The SMILES string of the molecule is CNC1C=CN(c2ccc(NC(=O)Nc3ccc(OC4CCCC4)nc3)c(F)c2)C1. The Balaban J connectivity index is 1.32. The van der Waals surface area contributed by atoms with Crippen molar-refractivity contribution in [2.24, 2.45) is 0 Å². The fourth-order valence-electron chi connectivity index (χ4n) is 3.69. The van der Waals surface area contributed by atoms with Crippen LogP contribution in [0.25, 0.3) is 0 Å². The lowest BCUT2D eigenvalue weighted by molar-refractivity contribution is 0.201. The van der Waals surface area contributed by atoms with E-state index in [1.807, 2.05) is 24.2 Å². The summed E-state index contributed by atoms with van der Waals surface area (Å²) in [6, 6.07) is 7.89. The number of urea groups is 1. The molecule has 2 heterocycles. The van der Waals surface area contributed by atoms with Gasteiger partial charge in [0.15, 0.2) is 0 Å². The van der Waals surface area contributed by atoms with Crippen LogP contribution in [0.5, 0.6) is 5.88 Å². The van der Waals surface area contributed by atoms with Crippen LogP contribution in [0.2, 0.25) is 0 Å². The summed E-state index contributed by atoms with van der Waals surface area (Å²) in [6.45, 7) is 0.733. The van der Waals surface area contributed by atoms with Crippen molar-refractivity contribution < 1.29 is 13.9 Å². The molecule has 1 aromatic heterocycles. The summed E-state index contributed by atoms with van der Waals surface area (Å²) in [7, 11) is 1.89. The normalized spacial score (nSPS) is 18.6. The Labute approximate surface area is 175 Å². The van der Waals surface area contributed by atoms with Crippen molar-refractivity contribution in [1.82, 2.24) is 10.3 Å². The standard InChI is InChI=1S/C22H26FN5O2/c1-24-16-10-11-28(14-16)17-7-8-20(19(23)12-17)27-22(29)26-15-6-9-21(25-13-15)30-18-4-2-3-5-18/h6-13,16,18,24H,2-5,14H2,1H3,(H2,26,27,29). The number of anilines is 3. The number of rotatable bonds is 6. The zero-order chi connectivity index (χ0) is 20.9. The van der Waals surface area contributed by atoms with Crippen molar-refractivity contribution in [3.8, 4) is 5.88 Å². The summed E-state index contributed by atoms with van der Waals surface area (Å²) in [6.07, 6.45) is 10.2. The highest BCUT2D eigenvalue weighted by molar-refractivity contribution is 5.99. The van der Waals surface area contributed by atoms with Gasteiger partial charge in [0.1, 0.15) is 11.9 Å². The summed E-state index contributed by atoms with van der Waals surface area (Å²) < 4.78 is 20.3. The molecule has 1 atom stereocenters. The molecule has 0 saturated heterocycles. The Hall–Kier alpha value is -3.13. The van der Waals surface area contributed by atoms with Crippen LogP contribution in [0.1, 0.15) is 25.7 Å². The average Bonchev–Trinajstić information content (AvgIpc) is 3.43. The number of amides is 2. The van der Waals surface area contributed by atoms with E-state index in [4.69, 9.17) is 4.74 Å². The molecular weight excluding hydrogens is 385 g/mol. The molecule has 4 rings (SSSR count). The number of halogens is 1. The first-order valence-corrected chi connectivity index (χ1v) is 10.2. The van der Waals surface area contributed by atoms with Crippen LogP contribution in [0.15, 0.2) is 48.8 Å². The van der Waals surface area contributed by atoms with Crippen molar-refractivity contribution in [3.05, 3.63) is 54.6 Å². The monoisotopic (exact) mass is 411 g/mol. The van der Waals surface area contributed by atoms with E-state index in [1.54, 1.807) is 24.3 Å². The van der Waals surface area contributed by atoms with Crippen LogP contribution in [-0.4, -0.2) is 36.8 Å². The van der Waals surface area contributed by atoms with Gasteiger partial charge in [-0.3, -0.25) is 0 Å². The number of nitrogens with zero attached hydrogens (tertiary/aromatic N) is 2. The van der Waals surface area contributed by atoms with E-state index in [9.17, 15) is 9.18 Å². The molecular formula is C22H26FN5O2. The van der Waals surface area contributed by atoms with Crippen LogP contribution in [0.4, 0.5) is 26.2 Å². The summed E-state index contributed by atoms with van der Waals surface area (Å²) in [5.41, 5.74) is 1.34. The maximum absolute atomic E-state index is 14.5. The van der Waals surface area contributed by atoms with Gasteiger partial charge in [-0.25, -0.2) is 14.2 Å². The fourth-order valence-corrected chi connectivity index (χ4v) is 3.69. The minimum atomic E-state index is -0.538.